The Bertz CT molecular complexity index is 492. The van der Waals surface area contributed by atoms with Crippen LogP contribution in [0.1, 0.15) is 17.5 Å². The van der Waals surface area contributed by atoms with Gasteiger partial charge in [0, 0.05) is 36.7 Å². The third-order valence-electron chi connectivity index (χ3n) is 3.80. The minimum absolute atomic E-state index is 0.0474. The number of hydrogen-bond acceptors (Lipinski definition) is 5. The van der Waals surface area contributed by atoms with E-state index in [-0.39, 0.29) is 6.04 Å². The number of aromatic nitrogens is 2. The molecule has 1 aromatic heterocycles. The Morgan fingerprint density at radius 3 is 3.00 bits per heavy atom. The van der Waals surface area contributed by atoms with Crippen LogP contribution in [-0.4, -0.2) is 54.1 Å². The summed E-state index contributed by atoms with van der Waals surface area (Å²) in [5.41, 5.74) is 1.95. The van der Waals surface area contributed by atoms with E-state index in [0.717, 1.165) is 29.9 Å². The molecule has 1 fully saturated rings. The minimum atomic E-state index is -0.800. The highest BCUT2D eigenvalue weighted by Crippen LogP contribution is 2.28. The van der Waals surface area contributed by atoms with Gasteiger partial charge in [-0.1, -0.05) is 11.6 Å². The van der Waals surface area contributed by atoms with Gasteiger partial charge < -0.3 is 15.0 Å². The van der Waals surface area contributed by atoms with Gasteiger partial charge in [-0.05, 0) is 13.5 Å². The van der Waals surface area contributed by atoms with Crippen LogP contribution in [-0.2, 0) is 17.8 Å². The van der Waals surface area contributed by atoms with Crippen LogP contribution < -0.4 is 5.32 Å². The third-order valence-corrected chi connectivity index (χ3v) is 4.11. The molecule has 110 valence electrons. The second kappa shape index (κ2) is 5.79. The lowest BCUT2D eigenvalue weighted by molar-refractivity contribution is 0.110. The zero-order valence-electron chi connectivity index (χ0n) is 11.4. The Morgan fingerprint density at radius 1 is 1.35 bits per heavy atom. The molecule has 3 rings (SSSR count). The molecule has 7 heteroatoms. The molecule has 0 spiro atoms. The van der Waals surface area contributed by atoms with Crippen LogP contribution in [0.5, 0.6) is 0 Å². The van der Waals surface area contributed by atoms with E-state index in [1.165, 1.54) is 0 Å². The Kier molecular flexibility index (Phi) is 4.05. The molecule has 0 aromatic carbocycles. The molecule has 2 atom stereocenters. The maximum Gasteiger partial charge on any atom is 0.157 e. The molecule has 0 unspecified atom stereocenters. The van der Waals surface area contributed by atoms with E-state index in [0.29, 0.717) is 31.3 Å². The molecule has 2 aliphatic heterocycles. The monoisotopic (exact) mass is 300 g/mol. The van der Waals surface area contributed by atoms with Crippen molar-refractivity contribution in [2.75, 3.05) is 32.1 Å². The topological polar surface area (TPSA) is 50.3 Å². The summed E-state index contributed by atoms with van der Waals surface area (Å²) >= 11 is 6.05. The molecule has 1 aromatic rings. The van der Waals surface area contributed by atoms with E-state index >= 15 is 0 Å². The number of anilines is 1. The number of ether oxygens (including phenoxy) is 1. The van der Waals surface area contributed by atoms with Gasteiger partial charge in [-0.15, -0.1) is 10.2 Å². The first-order chi connectivity index (χ1) is 9.63. The van der Waals surface area contributed by atoms with E-state index in [4.69, 9.17) is 16.3 Å². The van der Waals surface area contributed by atoms with Gasteiger partial charge >= 0.3 is 0 Å². The number of likely N-dealkylation sites (N-methyl/N-ethyl adjacent to an activating group) is 1. The molecule has 0 saturated carbocycles. The summed E-state index contributed by atoms with van der Waals surface area (Å²) < 4.78 is 19.0. The lowest BCUT2D eigenvalue weighted by atomic mass is 10.0. The number of fused-ring (bicyclic) bond motifs is 1. The predicted molar refractivity (Wildman–Crippen MR) is 74.8 cm³/mol. The smallest absolute Gasteiger partial charge is 0.157 e. The van der Waals surface area contributed by atoms with Gasteiger partial charge in [-0.25, -0.2) is 4.39 Å². The van der Waals surface area contributed by atoms with Crippen LogP contribution in [0.25, 0.3) is 0 Å². The minimum Gasteiger partial charge on any atom is -0.376 e. The van der Waals surface area contributed by atoms with Crippen LogP contribution in [0, 0.1) is 0 Å². The Hall–Kier alpha value is -0.980. The fourth-order valence-corrected chi connectivity index (χ4v) is 3.11. The molecule has 0 aliphatic carbocycles. The second-order valence-electron chi connectivity index (χ2n) is 5.49. The van der Waals surface area contributed by atoms with Crippen LogP contribution in [0.4, 0.5) is 10.2 Å². The molecule has 1 N–H and O–H groups in total. The lowest BCUT2D eigenvalue weighted by Crippen LogP contribution is -2.45. The van der Waals surface area contributed by atoms with Crippen molar-refractivity contribution in [3.05, 3.63) is 16.3 Å². The number of rotatable bonds is 2. The second-order valence-corrected chi connectivity index (χ2v) is 5.85. The highest BCUT2D eigenvalue weighted by Gasteiger charge is 2.27. The average Bonchev–Trinajstić information content (AvgIpc) is 2.41. The van der Waals surface area contributed by atoms with Gasteiger partial charge in [0.1, 0.15) is 6.17 Å². The predicted octanol–water partition coefficient (Wildman–Crippen LogP) is 1.66. The maximum atomic E-state index is 13.6. The van der Waals surface area contributed by atoms with Crippen LogP contribution in [0.2, 0.25) is 5.15 Å². The van der Waals surface area contributed by atoms with Gasteiger partial charge in [-0.2, -0.15) is 0 Å². The molecule has 5 nitrogen and oxygen atoms in total. The summed E-state index contributed by atoms with van der Waals surface area (Å²) in [5.74, 6) is 0.722. The van der Waals surface area contributed by atoms with Crippen molar-refractivity contribution < 1.29 is 9.13 Å². The van der Waals surface area contributed by atoms with Crippen molar-refractivity contribution in [3.8, 4) is 0 Å². The van der Waals surface area contributed by atoms with Crippen molar-refractivity contribution >= 4 is 17.4 Å². The first-order valence-corrected chi connectivity index (χ1v) is 7.22. The summed E-state index contributed by atoms with van der Waals surface area (Å²) in [5, 5.41) is 11.8. The first kappa shape index (κ1) is 14.0. The van der Waals surface area contributed by atoms with Gasteiger partial charge in [0.25, 0.3) is 0 Å². The van der Waals surface area contributed by atoms with Crippen molar-refractivity contribution in [2.45, 2.75) is 31.7 Å². The van der Waals surface area contributed by atoms with Gasteiger partial charge in [-0.3, -0.25) is 0 Å². The zero-order chi connectivity index (χ0) is 14.1. The number of piperidine rings is 1. The summed E-state index contributed by atoms with van der Waals surface area (Å²) in [6.45, 7) is 2.42. The van der Waals surface area contributed by atoms with E-state index in [1.54, 1.807) is 0 Å². The Balaban J connectivity index is 1.80. The van der Waals surface area contributed by atoms with Crippen LogP contribution in [0.15, 0.2) is 0 Å². The van der Waals surface area contributed by atoms with Crippen molar-refractivity contribution in [2.24, 2.45) is 0 Å². The largest absolute Gasteiger partial charge is 0.376 e. The van der Waals surface area contributed by atoms with Crippen molar-refractivity contribution in [1.82, 2.24) is 15.1 Å². The summed E-state index contributed by atoms with van der Waals surface area (Å²) in [6, 6.07) is 0.0474. The lowest BCUT2D eigenvalue weighted by Gasteiger charge is -2.33. The Labute approximate surface area is 122 Å². The zero-order valence-corrected chi connectivity index (χ0v) is 12.2. The van der Waals surface area contributed by atoms with E-state index in [2.05, 4.69) is 15.5 Å². The van der Waals surface area contributed by atoms with E-state index < -0.39 is 6.17 Å². The molecular weight excluding hydrogens is 283 g/mol. The van der Waals surface area contributed by atoms with E-state index in [9.17, 15) is 4.39 Å². The molecular formula is C13H18ClFN4O. The SMILES string of the molecule is CN1C[C@H](F)C[C@@H](Nc2nnc(Cl)c3c2CCOC3)C1. The normalized spacial score (nSPS) is 27.1. The van der Waals surface area contributed by atoms with Crippen molar-refractivity contribution in [1.29, 1.82) is 0 Å². The van der Waals surface area contributed by atoms with Crippen molar-refractivity contribution in [3.63, 3.8) is 0 Å². The molecule has 0 radical (unpaired) electrons. The molecule has 2 aliphatic rings. The van der Waals surface area contributed by atoms with Crippen LogP contribution >= 0.6 is 11.6 Å². The summed E-state index contributed by atoms with van der Waals surface area (Å²) in [4.78, 5) is 1.99. The first-order valence-electron chi connectivity index (χ1n) is 6.84. The fourth-order valence-electron chi connectivity index (χ4n) is 2.91. The quantitative estimate of drug-likeness (QED) is 0.900. The average molecular weight is 301 g/mol. The number of alkyl halides is 1. The molecule has 20 heavy (non-hydrogen) atoms. The van der Waals surface area contributed by atoms with Gasteiger partial charge in [0.2, 0.25) is 0 Å². The standard InChI is InChI=1S/C13H18ClFN4O/c1-19-5-8(15)4-9(6-19)16-13-10-2-3-20-7-11(10)12(14)17-18-13/h8-9H,2-7H2,1H3,(H,16,18)/t8-,9-/m1/s1. The summed E-state index contributed by atoms with van der Waals surface area (Å²) in [6.07, 6.45) is 0.458. The number of nitrogens with one attached hydrogen (secondary N) is 1. The van der Waals surface area contributed by atoms with Gasteiger partial charge in [0.05, 0.1) is 13.2 Å². The molecule has 1 saturated heterocycles. The molecule has 0 amide bonds. The number of likely N-dealkylation sites (tertiary alicyclic amines) is 1. The van der Waals surface area contributed by atoms with Crippen LogP contribution in [0.3, 0.4) is 0 Å². The highest BCUT2D eigenvalue weighted by atomic mass is 35.5. The maximum absolute atomic E-state index is 13.6. The molecule has 0 bridgehead atoms. The fraction of sp³-hybridized carbons (Fsp3) is 0.692. The number of nitrogens with zero attached hydrogens (tertiary/aromatic N) is 3. The summed E-state index contributed by atoms with van der Waals surface area (Å²) in [7, 11) is 1.93. The Morgan fingerprint density at radius 2 is 2.20 bits per heavy atom. The van der Waals surface area contributed by atoms with Gasteiger partial charge in [0.15, 0.2) is 11.0 Å². The molecule has 3 heterocycles. The highest BCUT2D eigenvalue weighted by molar-refractivity contribution is 6.30. The van der Waals surface area contributed by atoms with E-state index in [1.807, 2.05) is 11.9 Å². The number of halogens is 2. The number of hydrogen-bond donors (Lipinski definition) is 1. The third kappa shape index (κ3) is 2.87.